The number of nitrogens with one attached hydrogen (secondary N) is 1. The van der Waals surface area contributed by atoms with E-state index in [1.165, 1.54) is 0 Å². The number of aliphatic hydroxyl groups is 2. The van der Waals surface area contributed by atoms with Crippen LogP contribution in [0, 0.1) is 40.4 Å². The first-order chi connectivity index (χ1) is 26.3. The van der Waals surface area contributed by atoms with Gasteiger partial charge in [-0.1, -0.05) is 58.4 Å². The molecule has 4 aliphatic rings. The number of carbonyl (C=O) groups is 7. The Labute approximate surface area is 327 Å². The smallest absolute Gasteiger partial charge is 0.456 e. The number of aliphatic hydroxyl groups excluding tert-OH is 1. The maximum absolute atomic E-state index is 13.7. The molecule has 0 aromatic rings. The summed E-state index contributed by atoms with van der Waals surface area (Å²) < 4.78 is 20.2. The number of hydrogen-bond acceptors (Lipinski definition) is 13. The molecule has 4 unspecified atom stereocenters. The Morgan fingerprint density at radius 2 is 1.77 bits per heavy atom. The third-order valence-corrected chi connectivity index (χ3v) is 12.7. The van der Waals surface area contributed by atoms with E-state index < -0.39 is 96.1 Å². The van der Waals surface area contributed by atoms with E-state index in [0.29, 0.717) is 19.3 Å². The standard InChI is InChI=1S/C41H58N2O13/c1-7-8-9-24(4)30(19-32(42)47)56-38(51)55-22-54-34(49)13-12-33(48)43-36(23(2)3)37(50)53-21-31(46)41(52)17-15-28-27-11-10-25-18-26(44)14-16-39(25,5)35(27)29(45)20-40(28,41)6/h7-8,14,16,18,23-24,27-30,35-36,45,52H,9-13,15,17,19-22H2,1-6H3,(H2,42,47)(H,43,48)/b8-7+/t24-,27?,28?,29+,30+,35?,36?,39+,40+,41+/m1/s1. The van der Waals surface area contributed by atoms with Gasteiger partial charge in [0.2, 0.25) is 24.4 Å². The number of esters is 2. The average molecular weight is 787 g/mol. The second-order valence-electron chi connectivity index (χ2n) is 16.6. The number of ketones is 2. The molecule has 4 rings (SSSR count). The number of allylic oxidation sites excluding steroid dienone is 6. The molecule has 0 aromatic carbocycles. The van der Waals surface area contributed by atoms with E-state index in [1.54, 1.807) is 32.9 Å². The highest BCUT2D eigenvalue weighted by molar-refractivity contribution is 6.01. The molecule has 0 spiro atoms. The predicted molar refractivity (Wildman–Crippen MR) is 200 cm³/mol. The van der Waals surface area contributed by atoms with Crippen LogP contribution in [-0.4, -0.2) is 88.9 Å². The number of carbonyl (C=O) groups excluding carboxylic acids is 7. The molecule has 310 valence electrons. The van der Waals surface area contributed by atoms with Gasteiger partial charge in [-0.3, -0.25) is 24.0 Å². The van der Waals surface area contributed by atoms with Gasteiger partial charge >= 0.3 is 18.1 Å². The fourth-order valence-electron chi connectivity index (χ4n) is 9.53. The van der Waals surface area contributed by atoms with E-state index in [2.05, 4.69) is 5.32 Å². The van der Waals surface area contributed by atoms with Crippen LogP contribution in [0.15, 0.2) is 36.0 Å². The Hall–Kier alpha value is -4.37. The number of Topliss-reactive ketones (excluding diaryl/α,β-unsaturated/α-hetero) is 1. The molecule has 2 amide bonds. The summed E-state index contributed by atoms with van der Waals surface area (Å²) in [7, 11) is 0. The molecule has 3 saturated carbocycles. The quantitative estimate of drug-likeness (QED) is 0.0716. The van der Waals surface area contributed by atoms with E-state index in [4.69, 9.17) is 24.7 Å². The summed E-state index contributed by atoms with van der Waals surface area (Å²) in [6.07, 6.45) is 7.67. The molecular weight excluding hydrogens is 728 g/mol. The summed E-state index contributed by atoms with van der Waals surface area (Å²) in [6, 6.07) is -1.17. The van der Waals surface area contributed by atoms with E-state index >= 15 is 0 Å². The molecular formula is C41H58N2O13. The van der Waals surface area contributed by atoms with Crippen molar-refractivity contribution in [2.75, 3.05) is 13.4 Å². The zero-order valence-electron chi connectivity index (χ0n) is 33.2. The molecule has 4 aliphatic carbocycles. The number of ether oxygens (including phenoxy) is 4. The topological polar surface area (TPSA) is 235 Å². The van der Waals surface area contributed by atoms with E-state index in [0.717, 1.165) is 12.0 Å². The van der Waals surface area contributed by atoms with Crippen LogP contribution in [0.4, 0.5) is 4.79 Å². The summed E-state index contributed by atoms with van der Waals surface area (Å²) in [5.41, 5.74) is 2.93. The van der Waals surface area contributed by atoms with Crippen molar-refractivity contribution < 1.29 is 62.7 Å². The van der Waals surface area contributed by atoms with Gasteiger partial charge in [0.15, 0.2) is 12.4 Å². The monoisotopic (exact) mass is 786 g/mol. The summed E-state index contributed by atoms with van der Waals surface area (Å²) >= 11 is 0. The first-order valence-electron chi connectivity index (χ1n) is 19.5. The maximum Gasteiger partial charge on any atom is 0.511 e. The van der Waals surface area contributed by atoms with Gasteiger partial charge in [0, 0.05) is 23.2 Å². The molecule has 5 N–H and O–H groups in total. The van der Waals surface area contributed by atoms with Gasteiger partial charge in [0.25, 0.3) is 0 Å². The Bertz CT molecular complexity index is 1640. The highest BCUT2D eigenvalue weighted by Crippen LogP contribution is 2.67. The Morgan fingerprint density at radius 3 is 2.43 bits per heavy atom. The van der Waals surface area contributed by atoms with Crippen LogP contribution in [0.3, 0.4) is 0 Å². The largest absolute Gasteiger partial charge is 0.511 e. The first kappa shape index (κ1) is 44.3. The maximum atomic E-state index is 13.7. The minimum atomic E-state index is -1.85. The van der Waals surface area contributed by atoms with Crippen LogP contribution >= 0.6 is 0 Å². The van der Waals surface area contributed by atoms with Crippen LogP contribution in [0.1, 0.15) is 99.3 Å². The molecule has 0 heterocycles. The normalized spacial score (nSPS) is 30.9. The second-order valence-corrected chi connectivity index (χ2v) is 16.6. The number of primary amides is 1. The van der Waals surface area contributed by atoms with Crippen LogP contribution in [-0.2, 0) is 47.7 Å². The number of hydrogen-bond donors (Lipinski definition) is 4. The van der Waals surface area contributed by atoms with E-state index in [-0.39, 0.29) is 55.1 Å². The first-order valence-corrected chi connectivity index (χ1v) is 19.5. The zero-order valence-corrected chi connectivity index (χ0v) is 33.2. The van der Waals surface area contributed by atoms with Crippen molar-refractivity contribution in [2.24, 2.45) is 46.2 Å². The minimum absolute atomic E-state index is 0.00401. The summed E-state index contributed by atoms with van der Waals surface area (Å²) in [6.45, 7) is 9.25. The molecule has 3 fully saturated rings. The molecule has 0 radical (unpaired) electrons. The van der Waals surface area contributed by atoms with Crippen LogP contribution in [0.2, 0.25) is 0 Å². The lowest BCUT2D eigenvalue weighted by Crippen LogP contribution is -2.62. The van der Waals surface area contributed by atoms with Crippen molar-refractivity contribution in [1.29, 1.82) is 0 Å². The van der Waals surface area contributed by atoms with Crippen LogP contribution in [0.5, 0.6) is 0 Å². The van der Waals surface area contributed by atoms with Crippen molar-refractivity contribution >= 4 is 41.5 Å². The molecule has 56 heavy (non-hydrogen) atoms. The zero-order chi connectivity index (χ0) is 41.6. The number of amides is 2. The van der Waals surface area contributed by atoms with Gasteiger partial charge in [-0.05, 0) is 81.3 Å². The van der Waals surface area contributed by atoms with Crippen molar-refractivity contribution in [2.45, 2.75) is 123 Å². The molecule has 15 nitrogen and oxygen atoms in total. The number of nitrogens with two attached hydrogens (primary N) is 1. The van der Waals surface area contributed by atoms with Gasteiger partial charge in [0.05, 0.1) is 18.9 Å². The van der Waals surface area contributed by atoms with Crippen LogP contribution < -0.4 is 11.1 Å². The average Bonchev–Trinajstić information content (AvgIpc) is 3.40. The fourth-order valence-corrected chi connectivity index (χ4v) is 9.53. The van der Waals surface area contributed by atoms with Gasteiger partial charge in [0.1, 0.15) is 17.7 Å². The SMILES string of the molecule is C/C=C/C[C@@H](C)[C@H](CC(N)=O)OC(=O)OCOC(=O)CCC(=O)NC(C(=O)OCC(=O)[C@@]1(O)CCC2C3CCC4=CC(=O)C=C[C@]4(C)C3[C@@H](O)C[C@@]21C)C(C)C. The van der Waals surface area contributed by atoms with Crippen LogP contribution in [0.25, 0.3) is 0 Å². The third-order valence-electron chi connectivity index (χ3n) is 12.7. The predicted octanol–water partition coefficient (Wildman–Crippen LogP) is 3.53. The van der Waals surface area contributed by atoms with Crippen molar-refractivity contribution in [3.8, 4) is 0 Å². The highest BCUT2D eigenvalue weighted by atomic mass is 16.8. The van der Waals surface area contributed by atoms with E-state index in [9.17, 15) is 43.8 Å². The summed E-state index contributed by atoms with van der Waals surface area (Å²) in [4.78, 5) is 87.6. The highest BCUT2D eigenvalue weighted by Gasteiger charge is 2.68. The third kappa shape index (κ3) is 9.59. The molecule has 0 saturated heterocycles. The molecule has 0 bridgehead atoms. The van der Waals surface area contributed by atoms with Crippen molar-refractivity contribution in [1.82, 2.24) is 5.32 Å². The molecule has 0 aromatic heterocycles. The molecule has 15 heteroatoms. The number of fused-ring (bicyclic) bond motifs is 5. The fraction of sp³-hybridized carbons (Fsp3) is 0.683. The number of rotatable bonds is 17. The van der Waals surface area contributed by atoms with Crippen molar-refractivity contribution in [3.05, 3.63) is 36.0 Å². The lowest BCUT2D eigenvalue weighted by molar-refractivity contribution is -0.181. The molecule has 10 atom stereocenters. The lowest BCUT2D eigenvalue weighted by atomic mass is 9.46. The van der Waals surface area contributed by atoms with Crippen molar-refractivity contribution in [3.63, 3.8) is 0 Å². The Balaban J connectivity index is 1.25. The van der Waals surface area contributed by atoms with Gasteiger partial charge in [-0.15, -0.1) is 0 Å². The van der Waals surface area contributed by atoms with Gasteiger partial charge < -0.3 is 40.2 Å². The lowest BCUT2D eigenvalue weighted by Gasteiger charge is -2.59. The Kier molecular flexibility index (Phi) is 14.5. The van der Waals surface area contributed by atoms with Gasteiger partial charge in [-0.25, -0.2) is 9.59 Å². The Morgan fingerprint density at radius 1 is 1.05 bits per heavy atom. The summed E-state index contributed by atoms with van der Waals surface area (Å²) in [5.74, 6) is -4.82. The van der Waals surface area contributed by atoms with Gasteiger partial charge in [-0.2, -0.15) is 0 Å². The molecule has 0 aliphatic heterocycles. The minimum Gasteiger partial charge on any atom is -0.456 e. The summed E-state index contributed by atoms with van der Waals surface area (Å²) in [5, 5.41) is 26.1. The second kappa shape index (κ2) is 18.3. The van der Waals surface area contributed by atoms with E-state index in [1.807, 2.05) is 39.0 Å².